The predicted molar refractivity (Wildman–Crippen MR) is 62.9 cm³/mol. The lowest BCUT2D eigenvalue weighted by molar-refractivity contribution is 0.0778. The Labute approximate surface area is 92.3 Å². The molecule has 0 aliphatic carbocycles. The highest BCUT2D eigenvalue weighted by molar-refractivity contribution is 5.13. The predicted octanol–water partition coefficient (Wildman–Crippen LogP) is 2.87. The van der Waals surface area contributed by atoms with Gasteiger partial charge >= 0.3 is 0 Å². The second-order valence-electron chi connectivity index (χ2n) is 3.69. The molecule has 1 saturated heterocycles. The summed E-state index contributed by atoms with van der Waals surface area (Å²) in [4.78, 5) is 0. The molecule has 1 aliphatic rings. The molecule has 0 aromatic heterocycles. The van der Waals surface area contributed by atoms with Crippen LogP contribution in [0.15, 0.2) is 37.0 Å². The van der Waals surface area contributed by atoms with Crippen molar-refractivity contribution in [3.63, 3.8) is 0 Å². The lowest BCUT2D eigenvalue weighted by atomic mass is 10.1. The van der Waals surface area contributed by atoms with E-state index in [1.54, 1.807) is 6.08 Å². The summed E-state index contributed by atoms with van der Waals surface area (Å²) in [6.45, 7) is 10.9. The summed E-state index contributed by atoms with van der Waals surface area (Å²) in [5, 5.41) is 0. The molecular weight excluding hydrogens is 188 g/mol. The largest absolute Gasteiger partial charge is 0.373 e. The van der Waals surface area contributed by atoms with Crippen molar-refractivity contribution in [1.82, 2.24) is 0 Å². The molecule has 2 unspecified atom stereocenters. The first kappa shape index (κ1) is 12.2. The second kappa shape index (κ2) is 6.59. The summed E-state index contributed by atoms with van der Waals surface area (Å²) in [5.41, 5.74) is 1.21. The van der Waals surface area contributed by atoms with Crippen molar-refractivity contribution in [2.75, 3.05) is 13.2 Å². The van der Waals surface area contributed by atoms with E-state index in [1.165, 1.54) is 5.57 Å². The first-order valence-corrected chi connectivity index (χ1v) is 5.46. The molecule has 2 heteroatoms. The van der Waals surface area contributed by atoms with Gasteiger partial charge in [-0.1, -0.05) is 31.7 Å². The third kappa shape index (κ3) is 4.02. The van der Waals surface area contributed by atoms with Gasteiger partial charge in [0.05, 0.1) is 25.4 Å². The molecule has 0 saturated carbocycles. The normalized spacial score (nSPS) is 26.3. The minimum Gasteiger partial charge on any atom is -0.373 e. The lowest BCUT2D eigenvalue weighted by Crippen LogP contribution is -2.08. The quantitative estimate of drug-likeness (QED) is 0.493. The molecule has 0 N–H and O–H groups in total. The number of hydrogen-bond donors (Lipinski definition) is 0. The van der Waals surface area contributed by atoms with Crippen molar-refractivity contribution >= 4 is 0 Å². The molecule has 2 nitrogen and oxygen atoms in total. The van der Waals surface area contributed by atoms with E-state index in [9.17, 15) is 0 Å². The fraction of sp³-hybridized carbons (Fsp3) is 0.538. The SMILES string of the molecule is C=CCOC/C=C/C1CC(=C)C(CC)O1. The molecule has 1 heterocycles. The highest BCUT2D eigenvalue weighted by Crippen LogP contribution is 2.26. The smallest absolute Gasteiger partial charge is 0.0802 e. The Hall–Kier alpha value is -0.860. The topological polar surface area (TPSA) is 18.5 Å². The van der Waals surface area contributed by atoms with Crippen LogP contribution in [-0.4, -0.2) is 25.4 Å². The minimum absolute atomic E-state index is 0.190. The summed E-state index contributed by atoms with van der Waals surface area (Å²) < 4.78 is 11.0. The number of hydrogen-bond acceptors (Lipinski definition) is 2. The molecule has 0 spiro atoms. The van der Waals surface area contributed by atoms with Crippen LogP contribution < -0.4 is 0 Å². The molecule has 1 rings (SSSR count). The molecule has 0 aromatic carbocycles. The monoisotopic (exact) mass is 208 g/mol. The summed E-state index contributed by atoms with van der Waals surface area (Å²) in [7, 11) is 0. The van der Waals surface area contributed by atoms with E-state index in [4.69, 9.17) is 9.47 Å². The molecule has 1 fully saturated rings. The van der Waals surface area contributed by atoms with Gasteiger partial charge in [0.2, 0.25) is 0 Å². The van der Waals surface area contributed by atoms with E-state index >= 15 is 0 Å². The Balaban J connectivity index is 2.22. The van der Waals surface area contributed by atoms with Gasteiger partial charge in [0, 0.05) is 6.42 Å². The van der Waals surface area contributed by atoms with Gasteiger partial charge in [0.15, 0.2) is 0 Å². The Kier molecular flexibility index (Phi) is 5.37. The molecule has 0 amide bonds. The average Bonchev–Trinajstić information content (AvgIpc) is 2.59. The molecule has 2 atom stereocenters. The molecular formula is C13H20O2. The summed E-state index contributed by atoms with van der Waals surface area (Å²) >= 11 is 0. The van der Waals surface area contributed by atoms with Crippen molar-refractivity contribution in [3.05, 3.63) is 37.0 Å². The Morgan fingerprint density at radius 2 is 2.33 bits per heavy atom. The first-order valence-electron chi connectivity index (χ1n) is 5.46. The van der Waals surface area contributed by atoms with Crippen LogP contribution in [0.1, 0.15) is 19.8 Å². The fourth-order valence-corrected chi connectivity index (χ4v) is 1.67. The van der Waals surface area contributed by atoms with E-state index < -0.39 is 0 Å². The van der Waals surface area contributed by atoms with Crippen LogP contribution in [0.3, 0.4) is 0 Å². The van der Waals surface area contributed by atoms with E-state index in [0.29, 0.717) is 13.2 Å². The fourth-order valence-electron chi connectivity index (χ4n) is 1.67. The van der Waals surface area contributed by atoms with Crippen LogP contribution in [-0.2, 0) is 9.47 Å². The summed E-state index contributed by atoms with van der Waals surface area (Å²) in [5.74, 6) is 0. The van der Waals surface area contributed by atoms with Gasteiger partial charge in [0.1, 0.15) is 0 Å². The van der Waals surface area contributed by atoms with E-state index in [2.05, 4.69) is 26.2 Å². The van der Waals surface area contributed by atoms with Crippen LogP contribution >= 0.6 is 0 Å². The van der Waals surface area contributed by atoms with Gasteiger partial charge in [-0.25, -0.2) is 0 Å². The number of rotatable bonds is 6. The maximum atomic E-state index is 5.77. The Bertz CT molecular complexity index is 243. The van der Waals surface area contributed by atoms with Crippen LogP contribution in [0.4, 0.5) is 0 Å². The van der Waals surface area contributed by atoms with E-state index in [-0.39, 0.29) is 12.2 Å². The Morgan fingerprint density at radius 3 is 2.93 bits per heavy atom. The van der Waals surface area contributed by atoms with Crippen molar-refractivity contribution in [2.24, 2.45) is 0 Å². The molecule has 84 valence electrons. The van der Waals surface area contributed by atoms with Crippen molar-refractivity contribution in [2.45, 2.75) is 32.0 Å². The maximum absolute atomic E-state index is 5.77. The average molecular weight is 208 g/mol. The molecule has 0 radical (unpaired) electrons. The second-order valence-corrected chi connectivity index (χ2v) is 3.69. The van der Waals surface area contributed by atoms with Crippen molar-refractivity contribution in [1.29, 1.82) is 0 Å². The third-order valence-corrected chi connectivity index (χ3v) is 2.43. The zero-order valence-corrected chi connectivity index (χ0v) is 9.45. The molecule has 15 heavy (non-hydrogen) atoms. The highest BCUT2D eigenvalue weighted by Gasteiger charge is 2.24. The van der Waals surface area contributed by atoms with Gasteiger partial charge < -0.3 is 9.47 Å². The standard InChI is InChI=1S/C13H20O2/c1-4-8-14-9-6-7-12-10-11(3)13(5-2)15-12/h4,6-7,12-13H,1,3,5,8-10H2,2H3/b7-6+. The summed E-state index contributed by atoms with van der Waals surface area (Å²) in [6, 6.07) is 0. The van der Waals surface area contributed by atoms with E-state index in [0.717, 1.165) is 12.8 Å². The highest BCUT2D eigenvalue weighted by atomic mass is 16.5. The minimum atomic E-state index is 0.190. The zero-order valence-electron chi connectivity index (χ0n) is 9.45. The maximum Gasteiger partial charge on any atom is 0.0802 e. The molecule has 0 aromatic rings. The first-order chi connectivity index (χ1) is 7.27. The van der Waals surface area contributed by atoms with E-state index in [1.807, 2.05) is 6.08 Å². The van der Waals surface area contributed by atoms with Crippen molar-refractivity contribution in [3.8, 4) is 0 Å². The zero-order chi connectivity index (χ0) is 11.1. The van der Waals surface area contributed by atoms with Gasteiger partial charge in [-0.15, -0.1) is 6.58 Å². The summed E-state index contributed by atoms with van der Waals surface area (Å²) in [6.07, 6.45) is 8.19. The lowest BCUT2D eigenvalue weighted by Gasteiger charge is -2.08. The van der Waals surface area contributed by atoms with Gasteiger partial charge in [0.25, 0.3) is 0 Å². The van der Waals surface area contributed by atoms with Gasteiger partial charge in [-0.3, -0.25) is 0 Å². The van der Waals surface area contributed by atoms with Crippen LogP contribution in [0.2, 0.25) is 0 Å². The number of ether oxygens (including phenoxy) is 2. The van der Waals surface area contributed by atoms with Crippen LogP contribution in [0.5, 0.6) is 0 Å². The van der Waals surface area contributed by atoms with Crippen molar-refractivity contribution < 1.29 is 9.47 Å². The van der Waals surface area contributed by atoms with Gasteiger partial charge in [-0.05, 0) is 12.0 Å². The van der Waals surface area contributed by atoms with Crippen LogP contribution in [0.25, 0.3) is 0 Å². The van der Waals surface area contributed by atoms with Crippen LogP contribution in [0, 0.1) is 0 Å². The van der Waals surface area contributed by atoms with Gasteiger partial charge in [-0.2, -0.15) is 0 Å². The molecule has 1 aliphatic heterocycles. The third-order valence-electron chi connectivity index (χ3n) is 2.43. The molecule has 0 bridgehead atoms. The Morgan fingerprint density at radius 1 is 1.53 bits per heavy atom.